The molecule has 2 aliphatic rings. The van der Waals surface area contributed by atoms with Gasteiger partial charge < -0.3 is 4.74 Å². The van der Waals surface area contributed by atoms with Crippen molar-refractivity contribution in [2.75, 3.05) is 6.61 Å². The van der Waals surface area contributed by atoms with Gasteiger partial charge in [0.2, 0.25) is 0 Å². The summed E-state index contributed by atoms with van der Waals surface area (Å²) in [5.41, 5.74) is 1.39. The van der Waals surface area contributed by atoms with Gasteiger partial charge in [0.15, 0.2) is 5.78 Å². The van der Waals surface area contributed by atoms with Crippen LogP contribution in [0.15, 0.2) is 24.3 Å². The van der Waals surface area contributed by atoms with Crippen molar-refractivity contribution in [2.24, 2.45) is 5.41 Å². The monoisotopic (exact) mass is 230 g/mol. The number of hydrogen-bond acceptors (Lipinski definition) is 3. The van der Waals surface area contributed by atoms with Crippen LogP contribution in [0.2, 0.25) is 0 Å². The minimum absolute atomic E-state index is 0.0390. The molecule has 0 N–H and O–H groups in total. The first-order valence-corrected chi connectivity index (χ1v) is 5.98. The Hall–Kier alpha value is -1.64. The zero-order chi connectivity index (χ0) is 12.0. The second kappa shape index (κ2) is 3.42. The van der Waals surface area contributed by atoms with Crippen LogP contribution in [0.5, 0.6) is 0 Å². The molecule has 2 aliphatic carbocycles. The number of ether oxygens (including phenoxy) is 1. The first-order chi connectivity index (χ1) is 8.20. The third-order valence-corrected chi connectivity index (χ3v) is 4.02. The lowest BCUT2D eigenvalue weighted by Crippen LogP contribution is -2.53. The number of esters is 1. The average Bonchev–Trinajstić information content (AvgIpc) is 2.60. The fraction of sp³-hybridized carbons (Fsp3) is 0.429. The van der Waals surface area contributed by atoms with Crippen molar-refractivity contribution in [1.29, 1.82) is 0 Å². The van der Waals surface area contributed by atoms with E-state index in [1.54, 1.807) is 6.92 Å². The van der Waals surface area contributed by atoms with E-state index in [0.717, 1.165) is 11.1 Å². The lowest BCUT2D eigenvalue weighted by molar-refractivity contribution is -0.168. The topological polar surface area (TPSA) is 43.4 Å². The molecule has 88 valence electrons. The van der Waals surface area contributed by atoms with E-state index in [2.05, 4.69) is 0 Å². The van der Waals surface area contributed by atoms with Crippen LogP contribution in [-0.2, 0) is 20.7 Å². The predicted molar refractivity (Wildman–Crippen MR) is 61.6 cm³/mol. The molecule has 0 heterocycles. The normalized spacial score (nSPS) is 29.2. The van der Waals surface area contributed by atoms with E-state index in [9.17, 15) is 9.59 Å². The quantitative estimate of drug-likeness (QED) is 0.575. The van der Waals surface area contributed by atoms with E-state index in [0.29, 0.717) is 19.4 Å². The molecule has 2 unspecified atom stereocenters. The number of carbonyl (C=O) groups is 2. The van der Waals surface area contributed by atoms with E-state index in [1.165, 1.54) is 0 Å². The molecule has 1 aromatic rings. The number of carbonyl (C=O) groups excluding carboxylic acids is 2. The largest absolute Gasteiger partial charge is 0.465 e. The Bertz CT molecular complexity index is 506. The number of benzene rings is 1. The van der Waals surface area contributed by atoms with Gasteiger partial charge in [-0.15, -0.1) is 0 Å². The maximum atomic E-state index is 12.1. The van der Waals surface area contributed by atoms with Crippen molar-refractivity contribution in [1.82, 2.24) is 0 Å². The van der Waals surface area contributed by atoms with Gasteiger partial charge in [0.1, 0.15) is 5.41 Å². The standard InChI is InChI=1S/C14H14O3/c1-2-17-13(16)14-8-9-5-3-4-6-10(9)11(14)7-12(14)15/h3-6,11H,2,7-8H2,1H3. The van der Waals surface area contributed by atoms with Gasteiger partial charge in [-0.1, -0.05) is 24.3 Å². The third kappa shape index (κ3) is 1.17. The van der Waals surface area contributed by atoms with Gasteiger partial charge in [0.25, 0.3) is 0 Å². The van der Waals surface area contributed by atoms with Crippen LogP contribution in [0.4, 0.5) is 0 Å². The molecule has 3 heteroatoms. The Kier molecular flexibility index (Phi) is 2.12. The summed E-state index contributed by atoms with van der Waals surface area (Å²) >= 11 is 0. The van der Waals surface area contributed by atoms with Crippen molar-refractivity contribution in [3.63, 3.8) is 0 Å². The van der Waals surface area contributed by atoms with Crippen LogP contribution in [-0.4, -0.2) is 18.4 Å². The summed E-state index contributed by atoms with van der Waals surface area (Å²) in [6.07, 6.45) is 1.00. The molecule has 2 atom stereocenters. The van der Waals surface area contributed by atoms with Gasteiger partial charge in [0.05, 0.1) is 6.61 Å². The summed E-state index contributed by atoms with van der Waals surface area (Å²) in [5, 5.41) is 0. The number of fused-ring (bicyclic) bond motifs is 3. The molecule has 0 saturated heterocycles. The van der Waals surface area contributed by atoms with E-state index >= 15 is 0 Å². The number of rotatable bonds is 2. The zero-order valence-corrected chi connectivity index (χ0v) is 9.73. The highest BCUT2D eigenvalue weighted by Crippen LogP contribution is 2.58. The third-order valence-electron chi connectivity index (χ3n) is 4.02. The number of hydrogen-bond donors (Lipinski definition) is 0. The summed E-state index contributed by atoms with van der Waals surface area (Å²) in [7, 11) is 0. The Balaban J connectivity index is 2.02. The molecule has 3 rings (SSSR count). The number of ketones is 1. The van der Waals surface area contributed by atoms with Gasteiger partial charge in [-0.25, -0.2) is 0 Å². The summed E-state index contributed by atoms with van der Waals surface area (Å²) in [4.78, 5) is 24.0. The highest BCUT2D eigenvalue weighted by Gasteiger charge is 2.65. The SMILES string of the molecule is CCOC(=O)C12Cc3ccccc3C1CC2=O. The molecule has 1 saturated carbocycles. The van der Waals surface area contributed by atoms with Crippen LogP contribution < -0.4 is 0 Å². The van der Waals surface area contributed by atoms with Gasteiger partial charge in [0, 0.05) is 12.3 Å². The average molecular weight is 230 g/mol. The second-order valence-electron chi connectivity index (χ2n) is 4.75. The molecular weight excluding hydrogens is 216 g/mol. The Morgan fingerprint density at radius 3 is 2.94 bits per heavy atom. The fourth-order valence-electron chi connectivity index (χ4n) is 3.13. The second-order valence-corrected chi connectivity index (χ2v) is 4.75. The van der Waals surface area contributed by atoms with Gasteiger partial charge in [-0.05, 0) is 24.5 Å². The molecule has 0 bridgehead atoms. The molecule has 0 aliphatic heterocycles. The Morgan fingerprint density at radius 1 is 1.47 bits per heavy atom. The molecule has 0 radical (unpaired) electrons. The van der Waals surface area contributed by atoms with Crippen molar-refractivity contribution < 1.29 is 14.3 Å². The minimum atomic E-state index is -0.889. The van der Waals surface area contributed by atoms with E-state index in [1.807, 2.05) is 24.3 Å². The summed E-state index contributed by atoms with van der Waals surface area (Å²) in [6, 6.07) is 7.94. The number of Topliss-reactive ketones (excluding diaryl/α,β-unsaturated/α-hetero) is 1. The van der Waals surface area contributed by atoms with Crippen LogP contribution in [0.25, 0.3) is 0 Å². The van der Waals surface area contributed by atoms with Crippen LogP contribution in [0, 0.1) is 5.41 Å². The molecule has 1 aromatic carbocycles. The zero-order valence-electron chi connectivity index (χ0n) is 9.73. The van der Waals surface area contributed by atoms with Crippen molar-refractivity contribution in [3.05, 3.63) is 35.4 Å². The molecule has 0 aromatic heterocycles. The smallest absolute Gasteiger partial charge is 0.320 e. The van der Waals surface area contributed by atoms with Crippen molar-refractivity contribution >= 4 is 11.8 Å². The van der Waals surface area contributed by atoms with E-state index in [-0.39, 0.29) is 17.7 Å². The summed E-state index contributed by atoms with van der Waals surface area (Å²) < 4.78 is 5.09. The van der Waals surface area contributed by atoms with Crippen molar-refractivity contribution in [2.45, 2.75) is 25.7 Å². The summed E-state index contributed by atoms with van der Waals surface area (Å²) in [6.45, 7) is 2.10. The first-order valence-electron chi connectivity index (χ1n) is 5.98. The lowest BCUT2D eigenvalue weighted by Gasteiger charge is -2.40. The fourth-order valence-corrected chi connectivity index (χ4v) is 3.13. The molecule has 17 heavy (non-hydrogen) atoms. The highest BCUT2D eigenvalue weighted by molar-refractivity contribution is 6.11. The molecule has 3 nitrogen and oxygen atoms in total. The van der Waals surface area contributed by atoms with E-state index in [4.69, 9.17) is 4.74 Å². The van der Waals surface area contributed by atoms with Crippen LogP contribution in [0.1, 0.15) is 30.4 Å². The first kappa shape index (κ1) is 10.5. The molecule has 0 spiro atoms. The minimum Gasteiger partial charge on any atom is -0.465 e. The predicted octanol–water partition coefficient (Wildman–Crippen LogP) is 1.85. The Morgan fingerprint density at radius 2 is 2.24 bits per heavy atom. The molecule has 1 fully saturated rings. The maximum Gasteiger partial charge on any atom is 0.320 e. The van der Waals surface area contributed by atoms with Crippen LogP contribution >= 0.6 is 0 Å². The molecular formula is C14H14O3. The van der Waals surface area contributed by atoms with Crippen LogP contribution in [0.3, 0.4) is 0 Å². The Labute approximate surface area is 99.8 Å². The van der Waals surface area contributed by atoms with E-state index < -0.39 is 5.41 Å². The van der Waals surface area contributed by atoms with Gasteiger partial charge in [-0.3, -0.25) is 9.59 Å². The molecule has 0 amide bonds. The van der Waals surface area contributed by atoms with Gasteiger partial charge in [-0.2, -0.15) is 0 Å². The van der Waals surface area contributed by atoms with Crippen molar-refractivity contribution in [3.8, 4) is 0 Å². The van der Waals surface area contributed by atoms with Gasteiger partial charge >= 0.3 is 5.97 Å². The lowest BCUT2D eigenvalue weighted by atomic mass is 9.59. The summed E-state index contributed by atoms with van der Waals surface area (Å²) in [5.74, 6) is -0.250. The highest BCUT2D eigenvalue weighted by atomic mass is 16.5. The maximum absolute atomic E-state index is 12.1.